The Kier molecular flexibility index (Phi) is 5.19. The van der Waals surface area contributed by atoms with Gasteiger partial charge in [-0.3, -0.25) is 9.82 Å². The third kappa shape index (κ3) is 3.91. The fourth-order valence-electron chi connectivity index (χ4n) is 1.79. The Morgan fingerprint density at radius 3 is 2.48 bits per heavy atom. The molecule has 9 heteroatoms. The molecule has 0 radical (unpaired) electrons. The Balaban J connectivity index is 2.34. The summed E-state index contributed by atoms with van der Waals surface area (Å²) in [5.41, 5.74) is 0.850. The van der Waals surface area contributed by atoms with Crippen molar-refractivity contribution in [1.82, 2.24) is 10.2 Å². The second kappa shape index (κ2) is 6.56. The molecular formula is C12H12BrCl2N3O2S. The molecule has 0 spiro atoms. The summed E-state index contributed by atoms with van der Waals surface area (Å²) in [7, 11) is -3.91. The van der Waals surface area contributed by atoms with Crippen LogP contribution in [0.25, 0.3) is 0 Å². The third-order valence-electron chi connectivity index (χ3n) is 2.62. The summed E-state index contributed by atoms with van der Waals surface area (Å²) < 4.78 is 27.7. The van der Waals surface area contributed by atoms with Crippen molar-refractivity contribution in [3.8, 4) is 0 Å². The van der Waals surface area contributed by atoms with Gasteiger partial charge in [-0.15, -0.1) is 0 Å². The van der Waals surface area contributed by atoms with Crippen LogP contribution in [0.1, 0.15) is 19.0 Å². The smallest absolute Gasteiger partial charge is 0.266 e. The van der Waals surface area contributed by atoms with E-state index >= 15 is 0 Å². The first-order chi connectivity index (χ1) is 9.83. The zero-order valence-corrected chi connectivity index (χ0v) is 14.9. The van der Waals surface area contributed by atoms with E-state index in [4.69, 9.17) is 23.2 Å². The molecule has 0 unspecified atom stereocenters. The summed E-state index contributed by atoms with van der Waals surface area (Å²) in [6.07, 6.45) is 1.72. The highest BCUT2D eigenvalue weighted by Gasteiger charge is 2.23. The topological polar surface area (TPSA) is 74.8 Å². The molecule has 1 aromatic carbocycles. The Labute approximate surface area is 141 Å². The van der Waals surface area contributed by atoms with Crippen LogP contribution in [0.2, 0.25) is 10.0 Å². The van der Waals surface area contributed by atoms with Gasteiger partial charge in [-0.05, 0) is 18.6 Å². The zero-order valence-electron chi connectivity index (χ0n) is 11.0. The number of halogens is 3. The minimum atomic E-state index is -3.91. The second-order valence-corrected chi connectivity index (χ2v) is 7.68. The fraction of sp³-hybridized carbons (Fsp3) is 0.250. The van der Waals surface area contributed by atoms with E-state index in [-0.39, 0.29) is 20.8 Å². The van der Waals surface area contributed by atoms with Crippen LogP contribution in [0.4, 0.5) is 5.82 Å². The quantitative estimate of drug-likeness (QED) is 0.771. The fourth-order valence-corrected chi connectivity index (χ4v) is 4.72. The summed E-state index contributed by atoms with van der Waals surface area (Å²) in [6.45, 7) is 2.02. The van der Waals surface area contributed by atoms with Gasteiger partial charge >= 0.3 is 0 Å². The molecule has 1 aromatic heterocycles. The minimum Gasteiger partial charge on any atom is -0.280 e. The number of benzene rings is 1. The van der Waals surface area contributed by atoms with Crippen molar-refractivity contribution in [2.24, 2.45) is 0 Å². The summed E-state index contributed by atoms with van der Waals surface area (Å²) in [5.74, 6) is 0.202. The van der Waals surface area contributed by atoms with Gasteiger partial charge in [0.2, 0.25) is 0 Å². The molecule has 0 atom stereocenters. The first-order valence-corrected chi connectivity index (χ1v) is 9.08. The van der Waals surface area contributed by atoms with Crippen molar-refractivity contribution in [3.05, 3.63) is 38.4 Å². The highest BCUT2D eigenvalue weighted by atomic mass is 79.9. The molecule has 0 aliphatic carbocycles. The second-order valence-electron chi connectivity index (χ2n) is 4.33. The molecule has 0 saturated heterocycles. The molecule has 0 aliphatic rings. The average Bonchev–Trinajstić information content (AvgIpc) is 2.74. The van der Waals surface area contributed by atoms with Crippen LogP contribution in [0, 0.1) is 0 Å². The predicted octanol–water partition coefficient (Wildman–Crippen LogP) is 4.23. The van der Waals surface area contributed by atoms with E-state index in [1.807, 2.05) is 6.92 Å². The van der Waals surface area contributed by atoms with E-state index in [9.17, 15) is 8.42 Å². The van der Waals surface area contributed by atoms with E-state index < -0.39 is 10.0 Å². The van der Waals surface area contributed by atoms with Crippen molar-refractivity contribution in [2.75, 3.05) is 4.72 Å². The lowest BCUT2D eigenvalue weighted by Gasteiger charge is -2.09. The lowest BCUT2D eigenvalue weighted by Crippen LogP contribution is -2.14. The van der Waals surface area contributed by atoms with Gasteiger partial charge in [-0.1, -0.05) is 52.5 Å². The van der Waals surface area contributed by atoms with Gasteiger partial charge < -0.3 is 0 Å². The van der Waals surface area contributed by atoms with Gasteiger partial charge in [0.25, 0.3) is 10.0 Å². The van der Waals surface area contributed by atoms with Crippen molar-refractivity contribution in [3.63, 3.8) is 0 Å². The van der Waals surface area contributed by atoms with Crippen LogP contribution in [-0.4, -0.2) is 18.6 Å². The normalized spacial score (nSPS) is 11.6. The molecule has 21 heavy (non-hydrogen) atoms. The zero-order chi connectivity index (χ0) is 15.6. The first kappa shape index (κ1) is 16.6. The molecule has 2 rings (SSSR count). The number of hydrogen-bond acceptors (Lipinski definition) is 3. The van der Waals surface area contributed by atoms with Crippen molar-refractivity contribution >= 4 is 55.0 Å². The number of anilines is 1. The van der Waals surface area contributed by atoms with Crippen molar-refractivity contribution in [2.45, 2.75) is 24.7 Å². The first-order valence-electron chi connectivity index (χ1n) is 6.05. The summed E-state index contributed by atoms with van der Waals surface area (Å²) in [6, 6.07) is 4.58. The number of aryl methyl sites for hydroxylation is 1. The van der Waals surface area contributed by atoms with Crippen LogP contribution >= 0.6 is 39.1 Å². The molecular weight excluding hydrogens is 401 g/mol. The largest absolute Gasteiger partial charge is 0.280 e. The van der Waals surface area contributed by atoms with E-state index in [1.54, 1.807) is 6.07 Å². The maximum absolute atomic E-state index is 12.4. The molecule has 0 aliphatic heterocycles. The predicted molar refractivity (Wildman–Crippen MR) is 87.6 cm³/mol. The maximum Gasteiger partial charge on any atom is 0.266 e. The Morgan fingerprint density at radius 2 is 1.90 bits per heavy atom. The average molecular weight is 413 g/mol. The van der Waals surface area contributed by atoms with Gasteiger partial charge in [0.15, 0.2) is 5.82 Å². The Morgan fingerprint density at radius 1 is 1.29 bits per heavy atom. The van der Waals surface area contributed by atoms with Crippen molar-refractivity contribution in [1.29, 1.82) is 0 Å². The van der Waals surface area contributed by atoms with E-state index in [0.29, 0.717) is 4.47 Å². The van der Waals surface area contributed by atoms with E-state index in [2.05, 4.69) is 30.8 Å². The molecule has 1 heterocycles. The van der Waals surface area contributed by atoms with Gasteiger partial charge in [-0.2, -0.15) is 5.10 Å². The molecule has 0 saturated carbocycles. The molecule has 0 amide bonds. The van der Waals surface area contributed by atoms with Crippen LogP contribution < -0.4 is 4.72 Å². The van der Waals surface area contributed by atoms with Crippen molar-refractivity contribution < 1.29 is 8.42 Å². The Hall–Kier alpha value is -0.760. The van der Waals surface area contributed by atoms with Gasteiger partial charge in [0.05, 0.1) is 10.0 Å². The van der Waals surface area contributed by atoms with Crippen LogP contribution in [0.3, 0.4) is 0 Å². The Bertz CT molecular complexity index is 739. The van der Waals surface area contributed by atoms with Crippen LogP contribution in [-0.2, 0) is 16.4 Å². The molecule has 0 fully saturated rings. The lowest BCUT2D eigenvalue weighted by molar-refractivity contribution is 0.601. The van der Waals surface area contributed by atoms with E-state index in [1.165, 1.54) is 12.1 Å². The third-order valence-corrected chi connectivity index (χ3v) is 5.35. The number of aromatic nitrogens is 2. The monoisotopic (exact) mass is 411 g/mol. The number of hydrogen-bond donors (Lipinski definition) is 2. The number of nitrogens with zero attached hydrogens (tertiary/aromatic N) is 1. The molecule has 2 aromatic rings. The van der Waals surface area contributed by atoms with Gasteiger partial charge in [-0.25, -0.2) is 8.42 Å². The van der Waals surface area contributed by atoms with Gasteiger partial charge in [0.1, 0.15) is 4.90 Å². The standard InChI is InChI=1S/C12H12BrCl2N3O2S/c1-2-3-8-6-11(17-16-8)18-21(19,20)12-9(14)4-7(13)5-10(12)15/h4-6H,2-3H2,1H3,(H2,16,17,18). The van der Waals surface area contributed by atoms with Crippen LogP contribution in [0.15, 0.2) is 27.6 Å². The lowest BCUT2D eigenvalue weighted by atomic mass is 10.2. The number of nitrogens with one attached hydrogen (secondary N) is 2. The van der Waals surface area contributed by atoms with E-state index in [0.717, 1.165) is 18.5 Å². The molecule has 114 valence electrons. The summed E-state index contributed by atoms with van der Waals surface area (Å²) in [5, 5.41) is 6.75. The SMILES string of the molecule is CCCc1cc(NS(=O)(=O)c2c(Cl)cc(Br)cc2Cl)n[nH]1. The van der Waals surface area contributed by atoms with Gasteiger partial charge in [0, 0.05) is 16.2 Å². The molecule has 2 N–H and O–H groups in total. The number of H-pyrrole nitrogens is 1. The van der Waals surface area contributed by atoms with Crippen LogP contribution in [0.5, 0.6) is 0 Å². The molecule has 0 bridgehead atoms. The summed E-state index contributed by atoms with van der Waals surface area (Å²) >= 11 is 15.2. The molecule has 5 nitrogen and oxygen atoms in total. The minimum absolute atomic E-state index is 0.0335. The number of aromatic amines is 1. The highest BCUT2D eigenvalue weighted by Crippen LogP contribution is 2.33. The summed E-state index contributed by atoms with van der Waals surface area (Å²) in [4.78, 5) is -0.172. The number of sulfonamides is 1. The maximum atomic E-state index is 12.4. The highest BCUT2D eigenvalue weighted by molar-refractivity contribution is 9.10. The number of rotatable bonds is 5.